The molecule has 3 aliphatic rings. The molecule has 2 fully saturated rings. The number of esters is 1. The fraction of sp³-hybridized carbons (Fsp3) is 0.574. The van der Waals surface area contributed by atoms with Gasteiger partial charge in [0.1, 0.15) is 36.6 Å². The quantitative estimate of drug-likeness (QED) is 0.0669. The zero-order valence-corrected chi connectivity index (χ0v) is 36.5. The lowest BCUT2D eigenvalue weighted by atomic mass is 9.91. The van der Waals surface area contributed by atoms with Crippen molar-refractivity contribution in [2.24, 2.45) is 5.92 Å². The number of rotatable bonds is 19. The number of nitrogens with one attached hydrogen (secondary N) is 2. The van der Waals surface area contributed by atoms with Crippen molar-refractivity contribution in [2.45, 2.75) is 126 Å². The van der Waals surface area contributed by atoms with Crippen molar-refractivity contribution in [1.29, 1.82) is 0 Å². The third-order valence-electron chi connectivity index (χ3n) is 11.9. The Morgan fingerprint density at radius 2 is 1.70 bits per heavy atom. The molecule has 16 heteroatoms. The van der Waals surface area contributed by atoms with E-state index in [1.165, 1.54) is 0 Å². The minimum absolute atomic E-state index is 0.0486. The minimum Gasteiger partial charge on any atom is -0.459 e. The largest absolute Gasteiger partial charge is 0.459 e. The molecule has 3 aromatic rings. The van der Waals surface area contributed by atoms with E-state index in [-0.39, 0.29) is 37.8 Å². The highest BCUT2D eigenvalue weighted by Crippen LogP contribution is 2.34. The number of hydrogen-bond donors (Lipinski definition) is 7. The Labute approximate surface area is 369 Å². The predicted molar refractivity (Wildman–Crippen MR) is 232 cm³/mol. The molecule has 10 atom stereocenters. The first-order valence-electron chi connectivity index (χ1n) is 22.1. The third kappa shape index (κ3) is 13.6. The summed E-state index contributed by atoms with van der Waals surface area (Å²) in [5, 5.41) is 58.1. The molecular weight excluding hydrogens is 811 g/mol. The van der Waals surface area contributed by atoms with Crippen LogP contribution in [0.3, 0.4) is 0 Å². The molecule has 1 aliphatic carbocycles. The monoisotopic (exact) mass is 875 g/mol. The van der Waals surface area contributed by atoms with Crippen LogP contribution in [0.15, 0.2) is 79.1 Å². The SMILES string of the molecule is CC(C)(C)NC(=O)[C@@H]1CN(Cc2cccnc2)CCN1C[C@@H](O)C[C@H](Cc1ccccc1)C(=O)N[C@H]1c2ccccc2C[C@H]1OC(=O)CCCCO[C@@H]1[C@@H](O)[C@@H](O)O[C@H](CO)[C@H]1O. The number of aromatic nitrogens is 1. The summed E-state index contributed by atoms with van der Waals surface area (Å²) in [6.07, 6.45) is -3.14. The zero-order chi connectivity index (χ0) is 45.1. The normalized spacial score (nSPS) is 26.3. The summed E-state index contributed by atoms with van der Waals surface area (Å²) in [5.41, 5.74) is 3.33. The lowest BCUT2D eigenvalue weighted by Gasteiger charge is -2.42. The fourth-order valence-corrected chi connectivity index (χ4v) is 8.74. The van der Waals surface area contributed by atoms with Crippen molar-refractivity contribution in [3.63, 3.8) is 0 Å². The first-order chi connectivity index (χ1) is 30.2. The van der Waals surface area contributed by atoms with Crippen LogP contribution in [-0.4, -0.2) is 152 Å². The van der Waals surface area contributed by atoms with Gasteiger partial charge < -0.3 is 50.4 Å². The molecule has 2 aliphatic heterocycles. The number of unbranched alkanes of at least 4 members (excludes halogenated alkanes) is 1. The van der Waals surface area contributed by atoms with Crippen LogP contribution in [0.25, 0.3) is 0 Å². The molecule has 0 saturated carbocycles. The molecule has 0 bridgehead atoms. The van der Waals surface area contributed by atoms with E-state index < -0.39 is 79.0 Å². The molecule has 2 amide bonds. The van der Waals surface area contributed by atoms with Crippen LogP contribution >= 0.6 is 0 Å². The van der Waals surface area contributed by atoms with E-state index in [2.05, 4.69) is 20.5 Å². The van der Waals surface area contributed by atoms with E-state index in [9.17, 15) is 39.9 Å². The Morgan fingerprint density at radius 1 is 0.952 bits per heavy atom. The average molecular weight is 876 g/mol. The van der Waals surface area contributed by atoms with Gasteiger partial charge >= 0.3 is 5.97 Å². The van der Waals surface area contributed by atoms with Crippen molar-refractivity contribution >= 4 is 17.8 Å². The fourth-order valence-electron chi connectivity index (χ4n) is 8.74. The average Bonchev–Trinajstić information content (AvgIpc) is 3.59. The second-order valence-corrected chi connectivity index (χ2v) is 18.1. The van der Waals surface area contributed by atoms with Gasteiger partial charge in [-0.15, -0.1) is 0 Å². The van der Waals surface area contributed by atoms with Gasteiger partial charge in [-0.05, 0) is 74.8 Å². The first-order valence-corrected chi connectivity index (χ1v) is 22.1. The van der Waals surface area contributed by atoms with Gasteiger partial charge in [0.2, 0.25) is 11.8 Å². The molecule has 7 N–H and O–H groups in total. The van der Waals surface area contributed by atoms with Crippen LogP contribution in [0.4, 0.5) is 0 Å². The number of benzene rings is 2. The van der Waals surface area contributed by atoms with E-state index in [0.29, 0.717) is 51.9 Å². The number of β-amino-alcohol motifs (C(OH)–C–C–N with tert-alkyl or cyclic N) is 1. The van der Waals surface area contributed by atoms with Gasteiger partial charge in [-0.3, -0.25) is 29.2 Å². The summed E-state index contributed by atoms with van der Waals surface area (Å²) >= 11 is 0. The highest BCUT2D eigenvalue weighted by Gasteiger charge is 2.44. The number of carbonyl (C=O) groups excluding carboxylic acids is 3. The second kappa shape index (κ2) is 22.5. The van der Waals surface area contributed by atoms with Crippen molar-refractivity contribution in [1.82, 2.24) is 25.4 Å². The van der Waals surface area contributed by atoms with Crippen LogP contribution in [0, 0.1) is 5.92 Å². The van der Waals surface area contributed by atoms with Gasteiger partial charge in [-0.1, -0.05) is 60.7 Å². The molecule has 344 valence electrons. The molecule has 2 aromatic carbocycles. The third-order valence-corrected chi connectivity index (χ3v) is 11.9. The second-order valence-electron chi connectivity index (χ2n) is 18.1. The molecule has 0 radical (unpaired) electrons. The molecule has 1 aromatic heterocycles. The first kappa shape index (κ1) is 48.1. The molecule has 0 spiro atoms. The van der Waals surface area contributed by atoms with Gasteiger partial charge in [0.15, 0.2) is 6.29 Å². The minimum atomic E-state index is -1.62. The summed E-state index contributed by atoms with van der Waals surface area (Å²) in [4.78, 5) is 50.0. The number of ether oxygens (including phenoxy) is 3. The van der Waals surface area contributed by atoms with Crippen LogP contribution in [0.2, 0.25) is 0 Å². The summed E-state index contributed by atoms with van der Waals surface area (Å²) in [5.74, 6) is -1.52. The van der Waals surface area contributed by atoms with Gasteiger partial charge in [0, 0.05) is 76.0 Å². The molecule has 63 heavy (non-hydrogen) atoms. The zero-order valence-electron chi connectivity index (χ0n) is 36.5. The highest BCUT2D eigenvalue weighted by atomic mass is 16.6. The predicted octanol–water partition coefficient (Wildman–Crippen LogP) is 1.40. The Hall–Kier alpha value is -4.36. The topological polar surface area (TPSA) is 223 Å². The van der Waals surface area contributed by atoms with E-state index in [0.717, 1.165) is 22.3 Å². The lowest BCUT2D eigenvalue weighted by Crippen LogP contribution is -2.61. The maximum absolute atomic E-state index is 14.5. The molecule has 16 nitrogen and oxygen atoms in total. The van der Waals surface area contributed by atoms with Crippen LogP contribution < -0.4 is 10.6 Å². The number of piperazine rings is 1. The Balaban J connectivity index is 1.08. The van der Waals surface area contributed by atoms with Crippen molar-refractivity contribution in [3.05, 3.63) is 101 Å². The molecule has 6 rings (SSSR count). The maximum atomic E-state index is 14.5. The van der Waals surface area contributed by atoms with Gasteiger partial charge in [0.25, 0.3) is 0 Å². The Morgan fingerprint density at radius 3 is 2.43 bits per heavy atom. The van der Waals surface area contributed by atoms with E-state index >= 15 is 0 Å². The van der Waals surface area contributed by atoms with E-state index in [4.69, 9.17) is 14.2 Å². The molecule has 3 heterocycles. The molecule has 2 saturated heterocycles. The number of pyridine rings is 1. The number of fused-ring (bicyclic) bond motifs is 1. The standard InChI is InChI=1S/C47H65N5O11/c1-47(2,3)50-45(59)36-28-51(26-31-14-11-18-48-25-31)19-20-52(36)27-34(54)23-33(22-30-12-5-4-6-13-30)44(58)49-40-35-16-8-7-15-32(35)24-37(40)62-39(55)17-9-10-21-61-43-41(56)38(29-53)63-46(60)42(43)57/h4-8,11-16,18,25,33-34,36-38,40-43,46,53-54,56-57,60H,9-10,17,19-24,26-29H2,1-3H3,(H,49,58)(H,50,59)/t33-,34-,36-,37+,38+,40-,41+,42+,43-,46-/m0/s1. The number of aliphatic hydroxyl groups is 5. The Kier molecular flexibility index (Phi) is 17.2. The Bertz CT molecular complexity index is 1920. The summed E-state index contributed by atoms with van der Waals surface area (Å²) in [7, 11) is 0. The summed E-state index contributed by atoms with van der Waals surface area (Å²) in [6, 6.07) is 20.0. The highest BCUT2D eigenvalue weighted by molar-refractivity contribution is 5.83. The number of aliphatic hydroxyl groups excluding tert-OH is 5. The van der Waals surface area contributed by atoms with Gasteiger partial charge in [0.05, 0.1) is 18.8 Å². The van der Waals surface area contributed by atoms with E-state index in [1.807, 2.05) is 98.6 Å². The number of carbonyl (C=O) groups is 3. The number of hydrogen-bond acceptors (Lipinski definition) is 14. The lowest BCUT2D eigenvalue weighted by molar-refractivity contribution is -0.294. The van der Waals surface area contributed by atoms with Crippen LogP contribution in [-0.2, 0) is 48.0 Å². The van der Waals surface area contributed by atoms with Crippen molar-refractivity contribution in [2.75, 3.05) is 39.4 Å². The van der Waals surface area contributed by atoms with Crippen LogP contribution in [0.1, 0.15) is 74.8 Å². The van der Waals surface area contributed by atoms with E-state index in [1.54, 1.807) is 6.20 Å². The smallest absolute Gasteiger partial charge is 0.306 e. The van der Waals surface area contributed by atoms with Crippen LogP contribution in [0.5, 0.6) is 0 Å². The summed E-state index contributed by atoms with van der Waals surface area (Å²) in [6.45, 7) is 7.86. The number of nitrogens with zero attached hydrogens (tertiary/aromatic N) is 3. The number of amides is 2. The van der Waals surface area contributed by atoms with Gasteiger partial charge in [-0.2, -0.15) is 0 Å². The van der Waals surface area contributed by atoms with Crippen molar-refractivity contribution < 1.29 is 54.1 Å². The molecule has 0 unspecified atom stereocenters. The van der Waals surface area contributed by atoms with Crippen molar-refractivity contribution in [3.8, 4) is 0 Å². The maximum Gasteiger partial charge on any atom is 0.306 e. The summed E-state index contributed by atoms with van der Waals surface area (Å²) < 4.78 is 16.7. The molecular formula is C47H65N5O11. The van der Waals surface area contributed by atoms with Gasteiger partial charge in [-0.25, -0.2) is 0 Å².